The quantitative estimate of drug-likeness (QED) is 0.115. The zero-order valence-electron chi connectivity index (χ0n) is 40.1. The van der Waals surface area contributed by atoms with Crippen LogP contribution >= 0.6 is 11.3 Å². The third-order valence-electron chi connectivity index (χ3n) is 13.3. The second-order valence-electron chi connectivity index (χ2n) is 17.2. The summed E-state index contributed by atoms with van der Waals surface area (Å²) in [7, 11) is -4.54. The van der Waals surface area contributed by atoms with Crippen molar-refractivity contribution in [2.45, 2.75) is 24.8 Å². The van der Waals surface area contributed by atoms with E-state index in [1.807, 2.05) is 104 Å². The zero-order valence-corrected chi connectivity index (χ0v) is 41.8. The van der Waals surface area contributed by atoms with E-state index in [9.17, 15) is 21.6 Å². The first-order valence-corrected chi connectivity index (χ1v) is 26.2. The van der Waals surface area contributed by atoms with Crippen molar-refractivity contribution in [2.24, 2.45) is 5.73 Å². The lowest BCUT2D eigenvalue weighted by Crippen LogP contribution is -2.28. The summed E-state index contributed by atoms with van der Waals surface area (Å²) < 4.78 is 74.4. The molecule has 1 heterocycles. The van der Waals surface area contributed by atoms with Crippen LogP contribution in [0.5, 0.6) is 5.75 Å². The van der Waals surface area contributed by atoms with E-state index in [1.54, 1.807) is 0 Å². The van der Waals surface area contributed by atoms with Crippen molar-refractivity contribution in [3.63, 3.8) is 0 Å². The van der Waals surface area contributed by atoms with Gasteiger partial charge in [-0.05, 0) is 122 Å². The highest BCUT2D eigenvalue weighted by atomic mass is 32.2. The summed E-state index contributed by atoms with van der Waals surface area (Å²) in [4.78, 5) is 1.93. The molecule has 0 aliphatic heterocycles. The van der Waals surface area contributed by atoms with E-state index in [4.69, 9.17) is 4.18 Å². The zero-order chi connectivity index (χ0) is 50.9. The minimum Gasteiger partial charge on any atom is -0.376 e. The molecule has 0 fully saturated rings. The fourth-order valence-electron chi connectivity index (χ4n) is 10.3. The third-order valence-corrected chi connectivity index (χ3v) is 15.5. The van der Waals surface area contributed by atoms with Crippen LogP contribution in [0.3, 0.4) is 0 Å². The van der Waals surface area contributed by atoms with Crippen LogP contribution in [-0.4, -0.2) is 21.0 Å². The van der Waals surface area contributed by atoms with Crippen LogP contribution in [0.4, 0.5) is 30.2 Å². The lowest BCUT2D eigenvalue weighted by Gasteiger charge is -2.34. The molecule has 0 spiro atoms. The van der Waals surface area contributed by atoms with Crippen LogP contribution in [-0.2, 0) is 15.5 Å². The van der Waals surface area contributed by atoms with Crippen molar-refractivity contribution in [1.29, 1.82) is 0 Å². The van der Waals surface area contributed by atoms with Gasteiger partial charge in [0.15, 0.2) is 0 Å². The fraction of sp³-hybridized carbons (Fsp3) is 0.0794. The van der Waals surface area contributed by atoms with Crippen LogP contribution in [0.2, 0.25) is 0 Å². The molecule has 1 aromatic heterocycles. The number of halogens is 3. The number of para-hydroxylation sites is 1. The first-order valence-electron chi connectivity index (χ1n) is 24.0. The van der Waals surface area contributed by atoms with Gasteiger partial charge in [-0.2, -0.15) is 21.6 Å². The Labute approximate surface area is 427 Å². The average Bonchev–Trinajstić information content (AvgIpc) is 3.97. The van der Waals surface area contributed by atoms with E-state index in [0.29, 0.717) is 22.4 Å². The van der Waals surface area contributed by atoms with Gasteiger partial charge in [0.2, 0.25) is 0 Å². The van der Waals surface area contributed by atoms with Gasteiger partial charge in [-0.3, -0.25) is 0 Å². The first kappa shape index (κ1) is 48.6. The summed E-state index contributed by atoms with van der Waals surface area (Å²) in [5, 5.41) is 3.53. The molecule has 1 aliphatic rings. The standard InChI is InChI=1S/C60H38F3NO3S2.C2H6.CH5N/c61-60(62,63)69(65,66)67-48-37-52-51-36-43(49-24-14-26-54-57(49)50-23-12-13-25-53(50)59(54,44-17-4-1-5-18-44)45-19-6-2-7-20-45)31-34-56(51)68-58(52)55(38-48)64(46-21-8-3-9-22-46)47-32-29-40(30-33-47)42-28-27-39-15-10-11-16-41(39)35-42;2*1-2/h1-38H;1-2H3;2H2,1H3. The Morgan fingerprint density at radius 1 is 0.507 bits per heavy atom. The lowest BCUT2D eigenvalue weighted by atomic mass is 9.67. The average molecular weight is 1000 g/mol. The van der Waals surface area contributed by atoms with Crippen LogP contribution in [0.15, 0.2) is 231 Å². The van der Waals surface area contributed by atoms with Gasteiger partial charge in [0.25, 0.3) is 0 Å². The second kappa shape index (κ2) is 19.9. The number of alkyl halides is 3. The van der Waals surface area contributed by atoms with Crippen molar-refractivity contribution < 1.29 is 25.8 Å². The highest BCUT2D eigenvalue weighted by molar-refractivity contribution is 7.88. The highest BCUT2D eigenvalue weighted by Crippen LogP contribution is 2.58. The van der Waals surface area contributed by atoms with Crippen LogP contribution in [0.1, 0.15) is 36.1 Å². The van der Waals surface area contributed by atoms with Gasteiger partial charge in [0.1, 0.15) is 5.75 Å². The van der Waals surface area contributed by atoms with E-state index >= 15 is 0 Å². The van der Waals surface area contributed by atoms with Crippen molar-refractivity contribution in [3.05, 3.63) is 253 Å². The van der Waals surface area contributed by atoms with E-state index in [-0.39, 0.29) is 0 Å². The van der Waals surface area contributed by atoms with Crippen LogP contribution in [0, 0.1) is 0 Å². The summed E-state index contributed by atoms with van der Waals surface area (Å²) >= 11 is 1.48. The maximum absolute atomic E-state index is 14.1. The molecule has 2 N–H and O–H groups in total. The Balaban J connectivity index is 0.00000149. The number of rotatable bonds is 9. The molecule has 0 unspecified atom stereocenters. The van der Waals surface area contributed by atoms with Crippen molar-refractivity contribution in [1.82, 2.24) is 0 Å². The minimum absolute atomic E-state index is 0.456. The number of nitrogens with two attached hydrogens (primary N) is 1. The molecule has 11 aromatic rings. The van der Waals surface area contributed by atoms with Gasteiger partial charge < -0.3 is 14.8 Å². The summed E-state index contributed by atoms with van der Waals surface area (Å²) in [6.45, 7) is 4.00. The summed E-state index contributed by atoms with van der Waals surface area (Å²) in [6, 6.07) is 77.0. The van der Waals surface area contributed by atoms with Crippen molar-refractivity contribution in [3.8, 4) is 39.1 Å². The SMILES string of the molecule is CC.CN.O=S(=O)(Oc1cc(N(c2ccccc2)c2ccc(-c3ccc4ccccc4c3)cc2)c2sc3ccc(-c4cccc5c4-c4ccccc4C5(c4ccccc4)c4ccccc4)cc3c2c1)C(F)(F)F. The molecule has 12 rings (SSSR count). The number of nitrogens with zero attached hydrogens (tertiary/aromatic N) is 1. The van der Waals surface area contributed by atoms with Crippen LogP contribution < -0.4 is 14.8 Å². The highest BCUT2D eigenvalue weighted by Gasteiger charge is 2.49. The van der Waals surface area contributed by atoms with E-state index < -0.39 is 26.8 Å². The molecule has 362 valence electrons. The van der Waals surface area contributed by atoms with E-state index in [2.05, 4.69) is 139 Å². The predicted molar refractivity (Wildman–Crippen MR) is 297 cm³/mol. The normalized spacial score (nSPS) is 12.5. The Morgan fingerprint density at radius 3 is 1.73 bits per heavy atom. The maximum atomic E-state index is 14.1. The summed E-state index contributed by atoms with van der Waals surface area (Å²) in [5.41, 5.74) is 10.8. The van der Waals surface area contributed by atoms with Gasteiger partial charge in [0, 0.05) is 32.9 Å². The van der Waals surface area contributed by atoms with Crippen molar-refractivity contribution >= 4 is 69.5 Å². The summed E-state index contributed by atoms with van der Waals surface area (Å²) in [5.74, 6) is -0.460. The van der Waals surface area contributed by atoms with Crippen molar-refractivity contribution in [2.75, 3.05) is 11.9 Å². The molecule has 0 saturated carbocycles. The molecule has 1 aliphatic carbocycles. The Morgan fingerprint density at radius 2 is 1.05 bits per heavy atom. The molecule has 5 nitrogen and oxygen atoms in total. The van der Waals surface area contributed by atoms with Gasteiger partial charge in [-0.1, -0.05) is 190 Å². The summed E-state index contributed by atoms with van der Waals surface area (Å²) in [6.07, 6.45) is 0. The first-order chi connectivity index (χ1) is 35.6. The third kappa shape index (κ3) is 8.51. The number of thiophene rings is 1. The monoisotopic (exact) mass is 1000 g/mol. The fourth-order valence-corrected chi connectivity index (χ4v) is 11.9. The molecular formula is C63H49F3N2O3S2. The Bertz CT molecular complexity index is 3840. The molecule has 10 heteroatoms. The smallest absolute Gasteiger partial charge is 0.376 e. The topological polar surface area (TPSA) is 72.6 Å². The van der Waals surface area contributed by atoms with E-state index in [1.165, 1.54) is 30.5 Å². The Kier molecular flexibility index (Phi) is 13.2. The van der Waals surface area contributed by atoms with Gasteiger partial charge in [-0.15, -0.1) is 11.3 Å². The van der Waals surface area contributed by atoms with E-state index in [0.717, 1.165) is 81.2 Å². The number of hydrogen-bond acceptors (Lipinski definition) is 6. The number of fused-ring (bicyclic) bond motifs is 7. The molecular weight excluding hydrogens is 954 g/mol. The largest absolute Gasteiger partial charge is 0.534 e. The number of benzene rings is 10. The minimum atomic E-state index is -6.04. The number of hydrogen-bond donors (Lipinski definition) is 1. The molecule has 0 radical (unpaired) electrons. The number of anilines is 3. The predicted octanol–water partition coefficient (Wildman–Crippen LogP) is 17.2. The molecule has 0 saturated heterocycles. The molecule has 10 aromatic carbocycles. The van der Waals surface area contributed by atoms with Gasteiger partial charge in [-0.25, -0.2) is 0 Å². The van der Waals surface area contributed by atoms with Crippen LogP contribution in [0.25, 0.3) is 64.3 Å². The van der Waals surface area contributed by atoms with Gasteiger partial charge >= 0.3 is 15.6 Å². The lowest BCUT2D eigenvalue weighted by molar-refractivity contribution is -0.0500. The van der Waals surface area contributed by atoms with Gasteiger partial charge in [0.05, 0.1) is 15.8 Å². The molecule has 0 atom stereocenters. The molecule has 0 bridgehead atoms. The maximum Gasteiger partial charge on any atom is 0.534 e. The second-order valence-corrected chi connectivity index (χ2v) is 19.7. The Hall–Kier alpha value is -8.02. The molecule has 0 amide bonds. The molecule has 73 heavy (non-hydrogen) atoms.